The van der Waals surface area contributed by atoms with Gasteiger partial charge in [0.05, 0.1) is 0 Å². The van der Waals surface area contributed by atoms with Gasteiger partial charge in [-0.05, 0) is 72.5 Å². The first-order chi connectivity index (χ1) is 20.8. The Bertz CT molecular complexity index is 1460. The van der Waals surface area contributed by atoms with Crippen molar-refractivity contribution in [3.8, 4) is 0 Å². The number of fused-ring (bicyclic) bond motifs is 3. The Hall–Kier alpha value is -0.877. The van der Waals surface area contributed by atoms with Gasteiger partial charge in [0.25, 0.3) is 0 Å². The van der Waals surface area contributed by atoms with Crippen LogP contribution in [0.2, 0.25) is 0 Å². The SMILES string of the molecule is CC(C)(C)c1ccc2c(c1)[cH-]c1cc(C(C)(C)C)ccc12.CC1[C-]=C(C23CC4CC(CC(C4)C2)C3)C=C1.[Cl-].[Cl-].[Zr+2]=[C]1CCCCC1. The maximum absolute atomic E-state index is 3.72. The number of halogens is 2. The first kappa shape index (κ1) is 37.9. The molecule has 0 nitrogen and oxygen atoms in total. The van der Waals surface area contributed by atoms with Gasteiger partial charge in [-0.25, -0.2) is 11.6 Å². The third-order valence-corrected chi connectivity index (χ3v) is 12.7. The first-order valence-electron chi connectivity index (χ1n) is 17.8. The van der Waals surface area contributed by atoms with Crippen LogP contribution in [-0.4, -0.2) is 3.21 Å². The molecule has 3 aromatic rings. The van der Waals surface area contributed by atoms with Crippen molar-refractivity contribution in [3.63, 3.8) is 0 Å². The van der Waals surface area contributed by atoms with E-state index in [9.17, 15) is 0 Å². The van der Waals surface area contributed by atoms with E-state index >= 15 is 0 Å². The van der Waals surface area contributed by atoms with E-state index in [-0.39, 0.29) is 35.6 Å². The van der Waals surface area contributed by atoms with Gasteiger partial charge in [0, 0.05) is 0 Å². The zero-order chi connectivity index (χ0) is 31.3. The molecule has 5 saturated carbocycles. The van der Waals surface area contributed by atoms with Gasteiger partial charge in [0.15, 0.2) is 0 Å². The fourth-order valence-corrected chi connectivity index (χ4v) is 10.2. The van der Waals surface area contributed by atoms with Crippen molar-refractivity contribution in [1.82, 2.24) is 0 Å². The second-order valence-electron chi connectivity index (χ2n) is 17.3. The summed E-state index contributed by atoms with van der Waals surface area (Å²) in [6.45, 7) is 15.9. The molecule has 6 aliphatic rings. The van der Waals surface area contributed by atoms with E-state index in [1.165, 1.54) is 84.0 Å². The monoisotopic (exact) mass is 732 g/mol. The van der Waals surface area contributed by atoms with Crippen molar-refractivity contribution in [2.24, 2.45) is 29.1 Å². The summed E-state index contributed by atoms with van der Waals surface area (Å²) in [5.74, 6) is 3.75. The summed E-state index contributed by atoms with van der Waals surface area (Å²) >= 11 is 1.69. The Morgan fingerprint density at radius 2 is 1.17 bits per heavy atom. The molecule has 6 aliphatic carbocycles. The molecule has 4 bridgehead atoms. The number of benzene rings is 2. The third-order valence-electron chi connectivity index (χ3n) is 11.4. The minimum absolute atomic E-state index is 0. The van der Waals surface area contributed by atoms with Crippen molar-refractivity contribution in [3.05, 3.63) is 77.4 Å². The first-order valence-corrected chi connectivity index (χ1v) is 19.0. The molecular weight excluding hydrogens is 679 g/mol. The van der Waals surface area contributed by atoms with Crippen molar-refractivity contribution < 1.29 is 49.0 Å². The maximum atomic E-state index is 3.72. The van der Waals surface area contributed by atoms with Gasteiger partial charge >= 0.3 is 59.5 Å². The second kappa shape index (κ2) is 14.9. The summed E-state index contributed by atoms with van der Waals surface area (Å²) < 4.78 is 1.80. The van der Waals surface area contributed by atoms with Gasteiger partial charge in [-0.3, -0.25) is 6.08 Å². The van der Waals surface area contributed by atoms with Crippen LogP contribution in [0.1, 0.15) is 130 Å². The summed E-state index contributed by atoms with van der Waals surface area (Å²) in [6.07, 6.45) is 24.9. The van der Waals surface area contributed by atoms with Crippen LogP contribution in [0.3, 0.4) is 0 Å². The van der Waals surface area contributed by atoms with E-state index in [2.05, 4.69) is 109 Å². The molecule has 0 N–H and O–H groups in total. The van der Waals surface area contributed by atoms with Crippen LogP contribution in [0.25, 0.3) is 21.5 Å². The van der Waals surface area contributed by atoms with Gasteiger partial charge in [-0.15, -0.1) is 39.7 Å². The van der Waals surface area contributed by atoms with Crippen LogP contribution in [-0.2, 0) is 35.1 Å². The number of hydrogen-bond donors (Lipinski definition) is 0. The quantitative estimate of drug-likeness (QED) is 0.265. The zero-order valence-electron chi connectivity index (χ0n) is 29.5. The van der Waals surface area contributed by atoms with E-state index in [1.807, 2.05) is 0 Å². The molecule has 0 aliphatic heterocycles. The van der Waals surface area contributed by atoms with E-state index in [4.69, 9.17) is 0 Å². The summed E-state index contributed by atoms with van der Waals surface area (Å²) in [5.41, 5.74) is 5.39. The van der Waals surface area contributed by atoms with Gasteiger partial charge in [0.1, 0.15) is 0 Å². The average molecular weight is 735 g/mol. The minimum atomic E-state index is 0. The van der Waals surface area contributed by atoms with Crippen LogP contribution >= 0.6 is 0 Å². The van der Waals surface area contributed by atoms with Crippen molar-refractivity contribution in [2.75, 3.05) is 0 Å². The van der Waals surface area contributed by atoms with Crippen LogP contribution in [0.15, 0.2) is 60.2 Å². The third kappa shape index (κ3) is 8.46. The van der Waals surface area contributed by atoms with Gasteiger partial charge in [-0.2, -0.15) is 6.08 Å². The molecule has 1 atom stereocenters. The summed E-state index contributed by atoms with van der Waals surface area (Å²) in [7, 11) is 0. The predicted molar refractivity (Wildman–Crippen MR) is 188 cm³/mol. The molecule has 0 saturated heterocycles. The van der Waals surface area contributed by atoms with Crippen LogP contribution in [0.4, 0.5) is 0 Å². The fourth-order valence-electron chi connectivity index (χ4n) is 9.29. The Balaban J connectivity index is 0.000000170. The summed E-state index contributed by atoms with van der Waals surface area (Å²) in [6, 6.07) is 16.2. The molecule has 248 valence electrons. The number of allylic oxidation sites excluding steroid dienone is 4. The molecule has 5 fully saturated rings. The van der Waals surface area contributed by atoms with E-state index in [0.717, 1.165) is 17.8 Å². The summed E-state index contributed by atoms with van der Waals surface area (Å²) in [4.78, 5) is 0. The molecule has 9 rings (SSSR count). The molecule has 0 spiro atoms. The van der Waals surface area contributed by atoms with Gasteiger partial charge in [0.2, 0.25) is 0 Å². The molecule has 0 radical (unpaired) electrons. The van der Waals surface area contributed by atoms with E-state index < -0.39 is 0 Å². The molecule has 3 aromatic carbocycles. The number of hydrogen-bond acceptors (Lipinski definition) is 0. The summed E-state index contributed by atoms with van der Waals surface area (Å²) in [5, 5.41) is 5.48. The van der Waals surface area contributed by atoms with Crippen molar-refractivity contribution >= 4 is 24.8 Å². The van der Waals surface area contributed by atoms with Crippen LogP contribution in [0.5, 0.6) is 0 Å². The Morgan fingerprint density at radius 1 is 0.717 bits per heavy atom. The normalized spacial score (nSPS) is 28.1. The Morgan fingerprint density at radius 3 is 1.52 bits per heavy atom. The topological polar surface area (TPSA) is 0 Å². The molecule has 3 heteroatoms. The molecule has 1 unspecified atom stereocenters. The molecule has 0 amide bonds. The molecule has 46 heavy (non-hydrogen) atoms. The molecule has 0 aromatic heterocycles. The molecular formula is C43H56Cl2Zr-2. The van der Waals surface area contributed by atoms with Crippen LogP contribution in [0, 0.1) is 35.2 Å². The Kier molecular flexibility index (Phi) is 12.3. The van der Waals surface area contributed by atoms with Crippen molar-refractivity contribution in [2.45, 2.75) is 130 Å². The van der Waals surface area contributed by atoms with Gasteiger partial charge in [-0.1, -0.05) is 89.8 Å². The number of rotatable bonds is 1. The molecule has 0 heterocycles. The fraction of sp³-hybridized carbons (Fsp3) is 0.581. The van der Waals surface area contributed by atoms with Crippen LogP contribution < -0.4 is 24.8 Å². The second-order valence-corrected chi connectivity index (χ2v) is 19.1. The predicted octanol–water partition coefficient (Wildman–Crippen LogP) is 6.12. The van der Waals surface area contributed by atoms with E-state index in [1.54, 1.807) is 52.3 Å². The standard InChI is InChI=1S/C21H25.C16H21.C6H10.2ClH.Zr/c1-20(2,3)16-7-9-18-14(12-16)11-15-13-17(21(4,5)6)8-10-19(15)18;1-11-2-3-15(4-11)16-8-12-5-13(9-16)7-14(6-12)10-16;1-2-4-6-5-3-1;;;/h7-13H,1-6H3;2-3,11-14H,5-10H2,1H3;1-5H2;2*1H;/q2*-1;;;;+2/p-2. The average Bonchev–Trinajstić information content (AvgIpc) is 3.56. The van der Waals surface area contributed by atoms with Crippen molar-refractivity contribution in [1.29, 1.82) is 0 Å². The Labute approximate surface area is 308 Å². The van der Waals surface area contributed by atoms with E-state index in [0.29, 0.717) is 11.3 Å². The van der Waals surface area contributed by atoms with Gasteiger partial charge < -0.3 is 24.8 Å². The zero-order valence-corrected chi connectivity index (χ0v) is 33.5.